The number of ether oxygens (including phenoxy) is 1. The van der Waals surface area contributed by atoms with Gasteiger partial charge >= 0.3 is 0 Å². The minimum Gasteiger partial charge on any atom is -0.485 e. The topological polar surface area (TPSA) is 59.5 Å². The van der Waals surface area contributed by atoms with Gasteiger partial charge in [-0.15, -0.1) is 0 Å². The lowest BCUT2D eigenvalue weighted by Crippen LogP contribution is -2.30. The van der Waals surface area contributed by atoms with Crippen molar-refractivity contribution in [1.82, 2.24) is 4.98 Å². The fourth-order valence-electron chi connectivity index (χ4n) is 2.83. The van der Waals surface area contributed by atoms with Gasteiger partial charge in [0.2, 0.25) is 0 Å². The minimum absolute atomic E-state index is 0.156. The summed E-state index contributed by atoms with van der Waals surface area (Å²) in [4.78, 5) is 30.6. The fourth-order valence-corrected chi connectivity index (χ4v) is 3.16. The Morgan fingerprint density at radius 3 is 2.26 bits per heavy atom. The molecule has 4 rings (SSSR count). The molecule has 1 aromatic heterocycles. The van der Waals surface area contributed by atoms with Gasteiger partial charge in [-0.25, -0.2) is 9.88 Å². The zero-order valence-electron chi connectivity index (χ0n) is 13.9. The fraction of sp³-hybridized carbons (Fsp3) is 0.0500. The van der Waals surface area contributed by atoms with Gasteiger partial charge in [-0.05, 0) is 42.0 Å². The summed E-state index contributed by atoms with van der Waals surface area (Å²) in [5, 5.41) is 0.873. The number of hydrogen-bond acceptors (Lipinski definition) is 4. The molecular weight excluding hydrogens is 387 g/mol. The van der Waals surface area contributed by atoms with Gasteiger partial charge < -0.3 is 4.74 Å². The molecule has 7 heteroatoms. The van der Waals surface area contributed by atoms with E-state index in [9.17, 15) is 9.59 Å². The first-order valence-corrected chi connectivity index (χ1v) is 8.81. The number of carbonyl (C=O) groups is 2. The molecule has 0 aliphatic carbocycles. The van der Waals surface area contributed by atoms with E-state index < -0.39 is 11.8 Å². The molecule has 0 fully saturated rings. The van der Waals surface area contributed by atoms with Gasteiger partial charge in [-0.3, -0.25) is 9.59 Å². The highest BCUT2D eigenvalue weighted by molar-refractivity contribution is 6.42. The number of benzene rings is 2. The van der Waals surface area contributed by atoms with Crippen LogP contribution in [-0.4, -0.2) is 16.8 Å². The normalized spacial score (nSPS) is 13.0. The molecule has 3 aromatic rings. The Bertz CT molecular complexity index is 1030. The molecule has 0 radical (unpaired) electrons. The van der Waals surface area contributed by atoms with E-state index in [0.717, 1.165) is 10.5 Å². The second-order valence-electron chi connectivity index (χ2n) is 5.85. The van der Waals surface area contributed by atoms with Crippen LogP contribution in [0.1, 0.15) is 26.3 Å². The molecule has 1 aliphatic heterocycles. The summed E-state index contributed by atoms with van der Waals surface area (Å²) in [6.45, 7) is 0.179. The van der Waals surface area contributed by atoms with Crippen LogP contribution in [0.3, 0.4) is 0 Å². The van der Waals surface area contributed by atoms with Crippen molar-refractivity contribution in [2.24, 2.45) is 0 Å². The Morgan fingerprint density at radius 1 is 0.889 bits per heavy atom. The van der Waals surface area contributed by atoms with Crippen LogP contribution < -0.4 is 9.64 Å². The predicted molar refractivity (Wildman–Crippen MR) is 103 cm³/mol. The van der Waals surface area contributed by atoms with E-state index in [0.29, 0.717) is 26.9 Å². The number of pyridine rings is 1. The predicted octanol–water partition coefficient (Wildman–Crippen LogP) is 4.77. The molecule has 0 spiro atoms. The molecule has 5 nitrogen and oxygen atoms in total. The third-order valence-electron chi connectivity index (χ3n) is 4.14. The SMILES string of the molecule is O=C1c2ccccc2C(=O)N1c1ncccc1OCc1ccc(Cl)c(Cl)c1. The lowest BCUT2D eigenvalue weighted by Gasteiger charge is -2.17. The minimum atomic E-state index is -0.423. The van der Waals surface area contributed by atoms with E-state index in [-0.39, 0.29) is 12.4 Å². The Balaban J connectivity index is 1.63. The van der Waals surface area contributed by atoms with Crippen LogP contribution in [0.4, 0.5) is 5.82 Å². The maximum absolute atomic E-state index is 12.7. The molecule has 0 saturated carbocycles. The molecule has 1 aliphatic rings. The number of amides is 2. The van der Waals surface area contributed by atoms with Gasteiger partial charge in [0.1, 0.15) is 6.61 Å². The van der Waals surface area contributed by atoms with E-state index in [4.69, 9.17) is 27.9 Å². The average Bonchev–Trinajstić information content (AvgIpc) is 2.94. The Kier molecular flexibility index (Phi) is 4.56. The lowest BCUT2D eigenvalue weighted by atomic mass is 10.1. The zero-order valence-corrected chi connectivity index (χ0v) is 15.4. The smallest absolute Gasteiger partial charge is 0.267 e. The van der Waals surface area contributed by atoms with Crippen molar-refractivity contribution in [3.05, 3.63) is 87.5 Å². The van der Waals surface area contributed by atoms with Crippen LogP contribution in [0.25, 0.3) is 0 Å². The number of carbonyl (C=O) groups excluding carboxylic acids is 2. The second-order valence-corrected chi connectivity index (χ2v) is 6.67. The molecule has 134 valence electrons. The van der Waals surface area contributed by atoms with E-state index in [1.807, 2.05) is 0 Å². The summed E-state index contributed by atoms with van der Waals surface area (Å²) in [7, 11) is 0. The highest BCUT2D eigenvalue weighted by Gasteiger charge is 2.38. The highest BCUT2D eigenvalue weighted by Crippen LogP contribution is 2.33. The van der Waals surface area contributed by atoms with Crippen molar-refractivity contribution in [3.8, 4) is 5.75 Å². The molecule has 2 amide bonds. The Labute approximate surface area is 165 Å². The van der Waals surface area contributed by atoms with Crippen molar-refractivity contribution in [1.29, 1.82) is 0 Å². The Hall–Kier alpha value is -2.89. The molecule has 0 N–H and O–H groups in total. The van der Waals surface area contributed by atoms with Gasteiger partial charge in [0.15, 0.2) is 11.6 Å². The number of aromatic nitrogens is 1. The monoisotopic (exact) mass is 398 g/mol. The molecule has 0 bridgehead atoms. The van der Waals surface area contributed by atoms with Crippen molar-refractivity contribution in [2.75, 3.05) is 4.90 Å². The van der Waals surface area contributed by atoms with Crippen LogP contribution in [-0.2, 0) is 6.61 Å². The molecule has 0 atom stereocenters. The summed E-state index contributed by atoms with van der Waals surface area (Å²) >= 11 is 11.9. The zero-order chi connectivity index (χ0) is 19.0. The number of nitrogens with zero attached hydrogens (tertiary/aromatic N) is 2. The van der Waals surface area contributed by atoms with Crippen LogP contribution in [0.5, 0.6) is 5.75 Å². The van der Waals surface area contributed by atoms with Crippen molar-refractivity contribution in [2.45, 2.75) is 6.61 Å². The largest absolute Gasteiger partial charge is 0.485 e. The van der Waals surface area contributed by atoms with Crippen molar-refractivity contribution < 1.29 is 14.3 Å². The van der Waals surface area contributed by atoms with Crippen LogP contribution in [0, 0.1) is 0 Å². The van der Waals surface area contributed by atoms with Gasteiger partial charge in [0.25, 0.3) is 11.8 Å². The maximum Gasteiger partial charge on any atom is 0.267 e. The Morgan fingerprint density at radius 2 is 1.59 bits per heavy atom. The summed E-state index contributed by atoms with van der Waals surface area (Å²) in [6, 6.07) is 15.2. The second kappa shape index (κ2) is 7.02. The lowest BCUT2D eigenvalue weighted by molar-refractivity contribution is 0.0923. The van der Waals surface area contributed by atoms with Gasteiger partial charge in [0.05, 0.1) is 21.2 Å². The van der Waals surface area contributed by atoms with E-state index in [1.54, 1.807) is 54.6 Å². The number of hydrogen-bond donors (Lipinski definition) is 0. The van der Waals surface area contributed by atoms with Gasteiger partial charge in [0, 0.05) is 6.20 Å². The number of fused-ring (bicyclic) bond motifs is 1. The number of rotatable bonds is 4. The highest BCUT2D eigenvalue weighted by atomic mass is 35.5. The van der Waals surface area contributed by atoms with E-state index >= 15 is 0 Å². The van der Waals surface area contributed by atoms with Crippen LogP contribution in [0.2, 0.25) is 10.0 Å². The van der Waals surface area contributed by atoms with E-state index in [2.05, 4.69) is 4.98 Å². The summed E-state index contributed by atoms with van der Waals surface area (Å²) in [6.07, 6.45) is 1.50. The van der Waals surface area contributed by atoms with Crippen molar-refractivity contribution >= 4 is 40.8 Å². The standard InChI is InChI=1S/C20H12Cl2N2O3/c21-15-8-7-12(10-16(15)22)11-27-17-6-3-9-23-18(17)24-19(25)13-4-1-2-5-14(13)20(24)26/h1-10H,11H2. The summed E-state index contributed by atoms with van der Waals surface area (Å²) < 4.78 is 5.82. The quantitative estimate of drug-likeness (QED) is 0.593. The average molecular weight is 399 g/mol. The van der Waals surface area contributed by atoms with Crippen LogP contribution in [0.15, 0.2) is 60.8 Å². The van der Waals surface area contributed by atoms with E-state index in [1.165, 1.54) is 6.20 Å². The number of imide groups is 1. The summed E-state index contributed by atoms with van der Waals surface area (Å²) in [5.74, 6) is -0.371. The third kappa shape index (κ3) is 3.16. The molecule has 2 heterocycles. The third-order valence-corrected chi connectivity index (χ3v) is 4.87. The summed E-state index contributed by atoms with van der Waals surface area (Å²) in [5.41, 5.74) is 1.49. The van der Waals surface area contributed by atoms with Crippen LogP contribution >= 0.6 is 23.2 Å². The first kappa shape index (κ1) is 17.5. The number of halogens is 2. The van der Waals surface area contributed by atoms with Crippen molar-refractivity contribution in [3.63, 3.8) is 0 Å². The molecule has 0 saturated heterocycles. The van der Waals surface area contributed by atoms with Gasteiger partial charge in [-0.1, -0.05) is 41.4 Å². The first-order valence-electron chi connectivity index (χ1n) is 8.06. The molecule has 2 aromatic carbocycles. The van der Waals surface area contributed by atoms with Gasteiger partial charge in [-0.2, -0.15) is 0 Å². The number of anilines is 1. The molecule has 0 unspecified atom stereocenters. The molecule has 27 heavy (non-hydrogen) atoms. The maximum atomic E-state index is 12.7. The molecular formula is C20H12Cl2N2O3. The first-order chi connectivity index (χ1) is 13.1.